The van der Waals surface area contributed by atoms with Crippen LogP contribution in [0.3, 0.4) is 0 Å². The number of aromatic nitrogens is 2. The minimum absolute atomic E-state index is 0.0642. The van der Waals surface area contributed by atoms with Gasteiger partial charge in [0.1, 0.15) is 5.82 Å². The van der Waals surface area contributed by atoms with Gasteiger partial charge in [-0.05, 0) is 48.0 Å². The number of carbonyl (C=O) groups excluding carboxylic acids is 1. The summed E-state index contributed by atoms with van der Waals surface area (Å²) in [5.41, 5.74) is 1.56. The predicted molar refractivity (Wildman–Crippen MR) is 124 cm³/mol. The fourth-order valence-corrected chi connectivity index (χ4v) is 3.75. The van der Waals surface area contributed by atoms with Crippen LogP contribution < -0.4 is 10.9 Å². The Hall–Kier alpha value is -3.51. The molecule has 0 aliphatic heterocycles. The number of aromatic amines is 1. The van der Waals surface area contributed by atoms with Gasteiger partial charge in [-0.2, -0.15) is 0 Å². The first-order valence-electron chi connectivity index (χ1n) is 10.5. The quantitative estimate of drug-likeness (QED) is 0.483. The number of carbonyl (C=O) groups is 1. The van der Waals surface area contributed by atoms with Crippen molar-refractivity contribution in [1.29, 1.82) is 0 Å². The smallest absolute Gasteiger partial charge is 0.258 e. The van der Waals surface area contributed by atoms with E-state index in [1.54, 1.807) is 6.07 Å². The highest BCUT2D eigenvalue weighted by atomic mass is 16.2. The van der Waals surface area contributed by atoms with E-state index in [0.717, 1.165) is 10.9 Å². The number of likely N-dealkylation sites (N-methyl/N-ethyl adjacent to an activating group) is 1. The monoisotopic (exact) mass is 414 g/mol. The molecule has 0 aliphatic rings. The van der Waals surface area contributed by atoms with E-state index in [4.69, 9.17) is 0 Å². The molecule has 1 amide bonds. The average Bonchev–Trinajstić information content (AvgIpc) is 2.78. The summed E-state index contributed by atoms with van der Waals surface area (Å²) in [7, 11) is 0. The molecule has 0 saturated carbocycles. The number of nitrogens with zero attached hydrogens (tertiary/aromatic N) is 2. The lowest BCUT2D eigenvalue weighted by atomic mass is 10.0. The molecule has 6 nitrogen and oxygen atoms in total. The first-order valence-corrected chi connectivity index (χ1v) is 10.5. The number of benzene rings is 3. The number of nitrogens with one attached hydrogen (secondary N) is 2. The third-order valence-corrected chi connectivity index (χ3v) is 5.50. The molecule has 0 spiro atoms. The molecule has 1 unspecified atom stereocenters. The summed E-state index contributed by atoms with van der Waals surface area (Å²) in [6, 6.07) is 21.6. The number of para-hydroxylation sites is 1. The number of H-pyrrole nitrogens is 1. The Morgan fingerprint density at radius 1 is 1.06 bits per heavy atom. The zero-order valence-corrected chi connectivity index (χ0v) is 17.8. The molecule has 0 aliphatic carbocycles. The standard InChI is InChI=1S/C25H26N4O2/c1-3-29(15-23-27-22-11-7-6-10-21(22)25(31)28-23)16-24(30)26-17(2)19-13-12-18-8-4-5-9-20(18)14-19/h4-14,17H,3,15-16H2,1-2H3,(H,26,30)(H,27,28,31). The first-order chi connectivity index (χ1) is 15.0. The van der Waals surface area contributed by atoms with E-state index >= 15 is 0 Å². The maximum absolute atomic E-state index is 12.7. The Kier molecular flexibility index (Phi) is 6.09. The zero-order valence-electron chi connectivity index (χ0n) is 17.8. The summed E-state index contributed by atoms with van der Waals surface area (Å²) in [6.07, 6.45) is 0. The molecule has 0 fully saturated rings. The minimum atomic E-state index is -0.161. The molecule has 0 saturated heterocycles. The Morgan fingerprint density at radius 3 is 2.61 bits per heavy atom. The van der Waals surface area contributed by atoms with Crippen LogP contribution in [0.5, 0.6) is 0 Å². The minimum Gasteiger partial charge on any atom is -0.348 e. The van der Waals surface area contributed by atoms with Crippen molar-refractivity contribution in [3.05, 3.63) is 88.5 Å². The molecule has 1 aromatic heterocycles. The normalized spacial score (nSPS) is 12.4. The van der Waals surface area contributed by atoms with Crippen LogP contribution in [0.15, 0.2) is 71.5 Å². The summed E-state index contributed by atoms with van der Waals surface area (Å²) in [5, 5.41) is 5.98. The van der Waals surface area contributed by atoms with Gasteiger partial charge in [0.2, 0.25) is 5.91 Å². The van der Waals surface area contributed by atoms with Gasteiger partial charge in [-0.25, -0.2) is 4.98 Å². The van der Waals surface area contributed by atoms with E-state index in [1.165, 1.54) is 5.39 Å². The highest BCUT2D eigenvalue weighted by molar-refractivity contribution is 5.83. The van der Waals surface area contributed by atoms with Crippen LogP contribution in [0, 0.1) is 0 Å². The van der Waals surface area contributed by atoms with Gasteiger partial charge in [0.25, 0.3) is 5.56 Å². The number of hydrogen-bond acceptors (Lipinski definition) is 4. The molecular formula is C25H26N4O2. The van der Waals surface area contributed by atoms with Crippen molar-refractivity contribution in [2.45, 2.75) is 26.4 Å². The van der Waals surface area contributed by atoms with Gasteiger partial charge < -0.3 is 10.3 Å². The van der Waals surface area contributed by atoms with Gasteiger partial charge in [-0.1, -0.05) is 55.5 Å². The van der Waals surface area contributed by atoms with Crippen LogP contribution in [0.2, 0.25) is 0 Å². The van der Waals surface area contributed by atoms with Crippen molar-refractivity contribution in [2.75, 3.05) is 13.1 Å². The molecule has 1 atom stereocenters. The molecule has 4 aromatic rings. The van der Waals surface area contributed by atoms with Gasteiger partial charge >= 0.3 is 0 Å². The maximum atomic E-state index is 12.7. The lowest BCUT2D eigenvalue weighted by Crippen LogP contribution is -2.38. The van der Waals surface area contributed by atoms with E-state index in [9.17, 15) is 9.59 Å². The van der Waals surface area contributed by atoms with Gasteiger partial charge in [0, 0.05) is 0 Å². The van der Waals surface area contributed by atoms with Crippen molar-refractivity contribution in [3.8, 4) is 0 Å². The van der Waals surface area contributed by atoms with E-state index in [-0.39, 0.29) is 24.1 Å². The van der Waals surface area contributed by atoms with Gasteiger partial charge in [0.05, 0.1) is 30.0 Å². The van der Waals surface area contributed by atoms with Gasteiger partial charge in [0.15, 0.2) is 0 Å². The molecule has 0 bridgehead atoms. The first kappa shape index (κ1) is 20.8. The van der Waals surface area contributed by atoms with Crippen LogP contribution >= 0.6 is 0 Å². The third-order valence-electron chi connectivity index (χ3n) is 5.50. The fraction of sp³-hybridized carbons (Fsp3) is 0.240. The molecule has 1 heterocycles. The van der Waals surface area contributed by atoms with Crippen LogP contribution in [0.4, 0.5) is 0 Å². The lowest BCUT2D eigenvalue weighted by molar-refractivity contribution is -0.123. The molecule has 4 rings (SSSR count). The Balaban J connectivity index is 1.42. The van der Waals surface area contributed by atoms with E-state index in [2.05, 4.69) is 45.6 Å². The second-order valence-corrected chi connectivity index (χ2v) is 7.73. The van der Waals surface area contributed by atoms with Gasteiger partial charge in [-0.3, -0.25) is 14.5 Å². The summed E-state index contributed by atoms with van der Waals surface area (Å²) in [6.45, 7) is 5.26. The fourth-order valence-electron chi connectivity index (χ4n) is 3.75. The lowest BCUT2D eigenvalue weighted by Gasteiger charge is -2.21. The second-order valence-electron chi connectivity index (χ2n) is 7.73. The van der Waals surface area contributed by atoms with E-state index in [0.29, 0.717) is 29.8 Å². The SMILES string of the molecule is CCN(CC(=O)NC(C)c1ccc2ccccc2c1)Cc1nc2ccccc2c(=O)[nH]1. The zero-order chi connectivity index (χ0) is 21.8. The summed E-state index contributed by atoms with van der Waals surface area (Å²) >= 11 is 0. The highest BCUT2D eigenvalue weighted by Crippen LogP contribution is 2.20. The number of rotatable bonds is 7. The summed E-state index contributed by atoms with van der Waals surface area (Å²) in [4.78, 5) is 34.3. The van der Waals surface area contributed by atoms with Crippen LogP contribution in [0.1, 0.15) is 31.3 Å². The maximum Gasteiger partial charge on any atom is 0.258 e. The molecule has 2 N–H and O–H groups in total. The largest absolute Gasteiger partial charge is 0.348 e. The van der Waals surface area contributed by atoms with Crippen molar-refractivity contribution < 1.29 is 4.79 Å². The predicted octanol–water partition coefficient (Wildman–Crippen LogP) is 3.78. The molecule has 0 radical (unpaired) electrons. The summed E-state index contributed by atoms with van der Waals surface area (Å²) < 4.78 is 0. The van der Waals surface area contributed by atoms with Crippen LogP contribution in [0.25, 0.3) is 21.7 Å². The topological polar surface area (TPSA) is 78.1 Å². The number of amides is 1. The molecule has 6 heteroatoms. The molecule has 31 heavy (non-hydrogen) atoms. The van der Waals surface area contributed by atoms with E-state index < -0.39 is 0 Å². The average molecular weight is 415 g/mol. The van der Waals surface area contributed by atoms with Crippen LogP contribution in [-0.2, 0) is 11.3 Å². The molecule has 158 valence electrons. The van der Waals surface area contributed by atoms with Crippen molar-refractivity contribution in [2.24, 2.45) is 0 Å². The Bertz CT molecular complexity index is 1280. The molecule has 3 aromatic carbocycles. The van der Waals surface area contributed by atoms with Crippen LogP contribution in [-0.4, -0.2) is 33.9 Å². The Labute approximate surface area is 180 Å². The number of fused-ring (bicyclic) bond motifs is 2. The van der Waals surface area contributed by atoms with Crippen molar-refractivity contribution in [3.63, 3.8) is 0 Å². The third kappa shape index (κ3) is 4.81. The number of hydrogen-bond donors (Lipinski definition) is 2. The van der Waals surface area contributed by atoms with E-state index in [1.807, 2.05) is 49.1 Å². The second kappa shape index (κ2) is 9.10. The molecular weight excluding hydrogens is 388 g/mol. The Morgan fingerprint density at radius 2 is 1.81 bits per heavy atom. The van der Waals surface area contributed by atoms with Crippen molar-refractivity contribution in [1.82, 2.24) is 20.2 Å². The highest BCUT2D eigenvalue weighted by Gasteiger charge is 2.15. The summed E-state index contributed by atoms with van der Waals surface area (Å²) in [5.74, 6) is 0.492. The van der Waals surface area contributed by atoms with Gasteiger partial charge in [-0.15, -0.1) is 0 Å². The van der Waals surface area contributed by atoms with Crippen molar-refractivity contribution >= 4 is 27.6 Å².